The van der Waals surface area contributed by atoms with Crippen molar-refractivity contribution in [1.82, 2.24) is 4.98 Å². The minimum absolute atomic E-state index is 0.161. The number of halogens is 2. The van der Waals surface area contributed by atoms with Crippen LogP contribution in [0.4, 0.5) is 8.78 Å². The van der Waals surface area contributed by atoms with Crippen molar-refractivity contribution in [3.8, 4) is 5.88 Å². The summed E-state index contributed by atoms with van der Waals surface area (Å²) in [4.78, 5) is 14.7. The molecule has 0 aliphatic rings. The number of rotatable bonds is 4. The molecule has 0 atom stereocenters. The maximum absolute atomic E-state index is 12.8. The van der Waals surface area contributed by atoms with E-state index in [4.69, 9.17) is 4.74 Å². The van der Waals surface area contributed by atoms with Gasteiger partial charge in [-0.1, -0.05) is 0 Å². The molecule has 88 valence electrons. The number of aromatic nitrogens is 1. The molecule has 0 aliphatic heterocycles. The highest BCUT2D eigenvalue weighted by molar-refractivity contribution is 5.73. The van der Waals surface area contributed by atoms with Crippen molar-refractivity contribution in [2.24, 2.45) is 0 Å². The molecule has 1 heterocycles. The van der Waals surface area contributed by atoms with Crippen molar-refractivity contribution >= 4 is 5.97 Å². The summed E-state index contributed by atoms with van der Waals surface area (Å²) in [5.74, 6) is -0.758. The minimum atomic E-state index is -2.75. The van der Waals surface area contributed by atoms with Crippen molar-refractivity contribution in [1.29, 1.82) is 0 Å². The number of hydrogen-bond donors (Lipinski definition) is 0. The van der Waals surface area contributed by atoms with Crippen LogP contribution in [0.2, 0.25) is 0 Å². The summed E-state index contributed by atoms with van der Waals surface area (Å²) in [6, 6.07) is 1.35. The number of esters is 1. The zero-order valence-corrected chi connectivity index (χ0v) is 8.87. The maximum Gasteiger partial charge on any atom is 0.309 e. The lowest BCUT2D eigenvalue weighted by Gasteiger charge is -2.11. The van der Waals surface area contributed by atoms with E-state index in [9.17, 15) is 13.6 Å². The Bertz CT molecular complexity index is 382. The van der Waals surface area contributed by atoms with E-state index in [0.717, 1.165) is 0 Å². The van der Waals surface area contributed by atoms with Crippen LogP contribution >= 0.6 is 0 Å². The van der Waals surface area contributed by atoms with E-state index in [1.54, 1.807) is 0 Å². The van der Waals surface area contributed by atoms with Gasteiger partial charge in [-0.2, -0.15) is 0 Å². The van der Waals surface area contributed by atoms with Crippen LogP contribution in [0.3, 0.4) is 0 Å². The molecule has 1 aromatic heterocycles. The van der Waals surface area contributed by atoms with Gasteiger partial charge in [-0.3, -0.25) is 4.79 Å². The van der Waals surface area contributed by atoms with Crippen molar-refractivity contribution in [2.45, 2.75) is 12.8 Å². The molecular formula is C10H11F2NO3. The summed E-state index contributed by atoms with van der Waals surface area (Å²) in [6.07, 6.45) is -1.67. The summed E-state index contributed by atoms with van der Waals surface area (Å²) < 4.78 is 34.7. The first-order valence-electron chi connectivity index (χ1n) is 4.46. The van der Waals surface area contributed by atoms with Gasteiger partial charge in [0.05, 0.1) is 26.2 Å². The number of carbonyl (C=O) groups excluding carboxylic acids is 1. The summed E-state index contributed by atoms with van der Waals surface area (Å²) in [6.45, 7) is 0. The van der Waals surface area contributed by atoms with Gasteiger partial charge in [0.25, 0.3) is 6.43 Å². The van der Waals surface area contributed by atoms with Gasteiger partial charge >= 0.3 is 5.97 Å². The minimum Gasteiger partial charge on any atom is -0.481 e. The second kappa shape index (κ2) is 5.39. The van der Waals surface area contributed by atoms with E-state index in [2.05, 4.69) is 9.72 Å². The number of nitrogens with zero attached hydrogens (tertiary/aromatic N) is 1. The van der Waals surface area contributed by atoms with Gasteiger partial charge in [0.15, 0.2) is 0 Å². The average Bonchev–Trinajstić information content (AvgIpc) is 2.28. The van der Waals surface area contributed by atoms with E-state index in [1.807, 2.05) is 0 Å². The molecule has 4 nitrogen and oxygen atoms in total. The Morgan fingerprint density at radius 2 is 2.19 bits per heavy atom. The number of hydrogen-bond acceptors (Lipinski definition) is 4. The van der Waals surface area contributed by atoms with E-state index in [1.165, 1.54) is 26.5 Å². The van der Waals surface area contributed by atoms with Crippen LogP contribution in [0.15, 0.2) is 12.3 Å². The van der Waals surface area contributed by atoms with Crippen LogP contribution in [-0.4, -0.2) is 25.2 Å². The summed E-state index contributed by atoms with van der Waals surface area (Å²) in [5, 5.41) is 0. The third-order valence-corrected chi connectivity index (χ3v) is 2.02. The summed E-state index contributed by atoms with van der Waals surface area (Å²) >= 11 is 0. The molecule has 0 bridgehead atoms. The zero-order chi connectivity index (χ0) is 12.1. The first kappa shape index (κ1) is 12.4. The maximum atomic E-state index is 12.8. The van der Waals surface area contributed by atoms with Gasteiger partial charge in [0, 0.05) is 6.20 Å². The van der Waals surface area contributed by atoms with Crippen molar-refractivity contribution in [3.05, 3.63) is 23.4 Å². The van der Waals surface area contributed by atoms with Gasteiger partial charge < -0.3 is 9.47 Å². The molecular weight excluding hydrogens is 220 g/mol. The highest BCUT2D eigenvalue weighted by atomic mass is 19.3. The van der Waals surface area contributed by atoms with Crippen LogP contribution < -0.4 is 4.74 Å². The molecule has 16 heavy (non-hydrogen) atoms. The topological polar surface area (TPSA) is 48.4 Å². The molecule has 1 rings (SSSR count). The monoisotopic (exact) mass is 231 g/mol. The zero-order valence-electron chi connectivity index (χ0n) is 8.87. The van der Waals surface area contributed by atoms with Gasteiger partial charge in [-0.05, 0) is 11.6 Å². The fourth-order valence-electron chi connectivity index (χ4n) is 1.27. The highest BCUT2D eigenvalue weighted by Gasteiger charge is 2.21. The smallest absolute Gasteiger partial charge is 0.309 e. The third-order valence-electron chi connectivity index (χ3n) is 2.02. The van der Waals surface area contributed by atoms with Gasteiger partial charge in [0.1, 0.15) is 0 Å². The molecule has 0 saturated heterocycles. The van der Waals surface area contributed by atoms with Crippen molar-refractivity contribution in [3.63, 3.8) is 0 Å². The van der Waals surface area contributed by atoms with E-state index >= 15 is 0 Å². The first-order chi connectivity index (χ1) is 7.60. The Hall–Kier alpha value is -1.72. The van der Waals surface area contributed by atoms with Gasteiger partial charge in [0.2, 0.25) is 5.88 Å². The van der Waals surface area contributed by atoms with Gasteiger partial charge in [-0.25, -0.2) is 13.8 Å². The van der Waals surface area contributed by atoms with Crippen LogP contribution in [0.5, 0.6) is 5.88 Å². The Morgan fingerprint density at radius 1 is 1.50 bits per heavy atom. The van der Waals surface area contributed by atoms with Crippen LogP contribution in [0.1, 0.15) is 17.6 Å². The lowest BCUT2D eigenvalue weighted by Crippen LogP contribution is -2.09. The molecule has 0 fully saturated rings. The molecule has 0 aromatic carbocycles. The number of methoxy groups -OCH3 is 2. The second-order valence-electron chi connectivity index (χ2n) is 2.95. The van der Waals surface area contributed by atoms with Crippen LogP contribution in [-0.2, 0) is 16.0 Å². The SMILES string of the molecule is COC(=O)Cc1ccnc(OC)c1C(F)F. The van der Waals surface area contributed by atoms with E-state index in [-0.39, 0.29) is 23.4 Å². The van der Waals surface area contributed by atoms with Crippen LogP contribution in [0.25, 0.3) is 0 Å². The standard InChI is InChI=1S/C10H11F2NO3/c1-15-7(14)5-6-3-4-13-10(16-2)8(6)9(11)12/h3-4,9H,5H2,1-2H3. The third kappa shape index (κ3) is 2.65. The predicted octanol–water partition coefficient (Wildman–Crippen LogP) is 1.74. The van der Waals surface area contributed by atoms with Crippen molar-refractivity contribution < 1.29 is 23.0 Å². The Balaban J connectivity index is 3.11. The summed E-state index contributed by atoms with van der Waals surface area (Å²) in [7, 11) is 2.44. The van der Waals surface area contributed by atoms with Crippen LogP contribution in [0, 0.1) is 0 Å². The molecule has 0 radical (unpaired) electrons. The number of carbonyl (C=O) groups is 1. The fourth-order valence-corrected chi connectivity index (χ4v) is 1.27. The quantitative estimate of drug-likeness (QED) is 0.740. The number of ether oxygens (including phenoxy) is 2. The van der Waals surface area contributed by atoms with Crippen molar-refractivity contribution in [2.75, 3.05) is 14.2 Å². The fraction of sp³-hybridized carbons (Fsp3) is 0.400. The average molecular weight is 231 g/mol. The molecule has 0 unspecified atom stereocenters. The largest absolute Gasteiger partial charge is 0.481 e. The van der Waals surface area contributed by atoms with E-state index < -0.39 is 12.4 Å². The molecule has 0 amide bonds. The molecule has 1 aromatic rings. The van der Waals surface area contributed by atoms with E-state index in [0.29, 0.717) is 0 Å². The number of alkyl halides is 2. The predicted molar refractivity (Wildman–Crippen MR) is 51.5 cm³/mol. The van der Waals surface area contributed by atoms with Gasteiger partial charge in [-0.15, -0.1) is 0 Å². The molecule has 6 heteroatoms. The Labute approximate surface area is 91.2 Å². The Kier molecular flexibility index (Phi) is 4.16. The molecule has 0 aliphatic carbocycles. The second-order valence-corrected chi connectivity index (χ2v) is 2.95. The normalized spacial score (nSPS) is 10.3. The summed E-state index contributed by atoms with van der Waals surface area (Å²) in [5.41, 5.74) is -0.205. The Morgan fingerprint density at radius 3 is 2.69 bits per heavy atom. The highest BCUT2D eigenvalue weighted by Crippen LogP contribution is 2.30. The number of pyridine rings is 1. The molecule has 0 spiro atoms. The first-order valence-corrected chi connectivity index (χ1v) is 4.46. The lowest BCUT2D eigenvalue weighted by molar-refractivity contribution is -0.139. The molecule has 0 saturated carbocycles. The molecule has 0 N–H and O–H groups in total. The lowest BCUT2D eigenvalue weighted by atomic mass is 10.1.